The maximum atomic E-state index is 12.3. The van der Waals surface area contributed by atoms with Gasteiger partial charge in [0.25, 0.3) is 5.91 Å². The molecule has 0 bridgehead atoms. The molecule has 0 saturated heterocycles. The number of halogens is 2. The summed E-state index contributed by atoms with van der Waals surface area (Å²) < 4.78 is 7.38. The molecule has 1 aromatic carbocycles. The van der Waals surface area contributed by atoms with E-state index in [1.807, 2.05) is 6.92 Å². The maximum absolute atomic E-state index is 12.3. The van der Waals surface area contributed by atoms with Crippen LogP contribution in [-0.4, -0.2) is 21.8 Å². The summed E-state index contributed by atoms with van der Waals surface area (Å²) in [5.74, 6) is 0.868. The molecule has 2 aromatic rings. The number of carbonyl (C=O) groups excluding carboxylic acids is 1. The van der Waals surface area contributed by atoms with E-state index in [4.69, 9.17) is 27.9 Å². The molecule has 0 radical (unpaired) electrons. The number of nitrogens with one attached hydrogen (secondary N) is 1. The van der Waals surface area contributed by atoms with Crippen molar-refractivity contribution in [2.45, 2.75) is 39.3 Å². The van der Waals surface area contributed by atoms with E-state index in [1.165, 1.54) is 0 Å². The van der Waals surface area contributed by atoms with Crippen molar-refractivity contribution in [2.75, 3.05) is 5.32 Å². The molecular weight excluding hydrogens is 337 g/mol. The van der Waals surface area contributed by atoms with Gasteiger partial charge in [-0.05, 0) is 32.4 Å². The molecule has 0 fully saturated rings. The minimum Gasteiger partial charge on any atom is -0.481 e. The molecule has 1 heterocycles. The highest BCUT2D eigenvalue weighted by Crippen LogP contribution is 2.27. The van der Waals surface area contributed by atoms with Gasteiger partial charge in [-0.1, -0.05) is 30.1 Å². The van der Waals surface area contributed by atoms with Crippen LogP contribution in [0.1, 0.15) is 33.2 Å². The first-order valence-corrected chi connectivity index (χ1v) is 8.14. The number of amides is 1. The van der Waals surface area contributed by atoms with Crippen LogP contribution >= 0.6 is 23.2 Å². The largest absolute Gasteiger partial charge is 0.481 e. The van der Waals surface area contributed by atoms with Crippen molar-refractivity contribution in [2.24, 2.45) is 0 Å². The number of nitrogens with zero attached hydrogens (tertiary/aromatic N) is 2. The highest BCUT2D eigenvalue weighted by Gasteiger charge is 2.18. The molecule has 0 aliphatic carbocycles. The van der Waals surface area contributed by atoms with E-state index in [9.17, 15) is 4.79 Å². The monoisotopic (exact) mass is 355 g/mol. The fourth-order valence-corrected chi connectivity index (χ4v) is 2.26. The number of anilines is 1. The van der Waals surface area contributed by atoms with Crippen LogP contribution < -0.4 is 10.1 Å². The molecule has 1 N–H and O–H groups in total. The molecule has 1 aromatic heterocycles. The van der Waals surface area contributed by atoms with Crippen molar-refractivity contribution in [3.8, 4) is 5.75 Å². The fraction of sp³-hybridized carbons (Fsp3) is 0.375. The standard InChI is InChI=1S/C16H19Cl2N3O2/c1-4-10(2)21-15(7-8-19-21)20-16(22)11(3)23-12-5-6-13(17)14(18)9-12/h5-11H,4H2,1-3H3,(H,20,22). The first-order valence-electron chi connectivity index (χ1n) is 7.38. The summed E-state index contributed by atoms with van der Waals surface area (Å²) in [6, 6.07) is 6.84. The van der Waals surface area contributed by atoms with Gasteiger partial charge in [0.05, 0.1) is 22.3 Å². The molecule has 0 aliphatic rings. The number of hydrogen-bond donors (Lipinski definition) is 1. The topological polar surface area (TPSA) is 56.2 Å². The van der Waals surface area contributed by atoms with Crippen LogP contribution in [0.15, 0.2) is 30.5 Å². The van der Waals surface area contributed by atoms with Crippen LogP contribution in [0, 0.1) is 0 Å². The highest BCUT2D eigenvalue weighted by molar-refractivity contribution is 6.42. The minimum absolute atomic E-state index is 0.201. The SMILES string of the molecule is CCC(C)n1nccc1NC(=O)C(C)Oc1ccc(Cl)c(Cl)c1. The predicted octanol–water partition coefficient (Wildman–Crippen LogP) is 4.57. The van der Waals surface area contributed by atoms with Crippen molar-refractivity contribution in [3.05, 3.63) is 40.5 Å². The molecule has 2 rings (SSSR count). The average molecular weight is 356 g/mol. The Kier molecular flexibility index (Phi) is 5.91. The average Bonchev–Trinajstić information content (AvgIpc) is 2.98. The zero-order valence-corrected chi connectivity index (χ0v) is 14.7. The summed E-state index contributed by atoms with van der Waals surface area (Å²) in [7, 11) is 0. The zero-order valence-electron chi connectivity index (χ0n) is 13.2. The first-order chi connectivity index (χ1) is 10.9. The van der Waals surface area contributed by atoms with Gasteiger partial charge < -0.3 is 10.1 Å². The highest BCUT2D eigenvalue weighted by atomic mass is 35.5. The van der Waals surface area contributed by atoms with E-state index in [2.05, 4.69) is 17.3 Å². The number of rotatable bonds is 6. The summed E-state index contributed by atoms with van der Waals surface area (Å²) in [5, 5.41) is 7.88. The summed E-state index contributed by atoms with van der Waals surface area (Å²) in [5.41, 5.74) is 0. The fourth-order valence-electron chi connectivity index (χ4n) is 1.97. The van der Waals surface area contributed by atoms with Crippen molar-refractivity contribution >= 4 is 34.9 Å². The van der Waals surface area contributed by atoms with Crippen molar-refractivity contribution in [3.63, 3.8) is 0 Å². The van der Waals surface area contributed by atoms with Gasteiger partial charge in [0, 0.05) is 12.1 Å². The Morgan fingerprint density at radius 3 is 2.70 bits per heavy atom. The van der Waals surface area contributed by atoms with Crippen LogP contribution in [0.3, 0.4) is 0 Å². The smallest absolute Gasteiger partial charge is 0.266 e. The predicted molar refractivity (Wildman–Crippen MR) is 92.4 cm³/mol. The molecule has 7 heteroatoms. The van der Waals surface area contributed by atoms with Gasteiger partial charge >= 0.3 is 0 Å². The van der Waals surface area contributed by atoms with Gasteiger partial charge in [-0.2, -0.15) is 5.10 Å². The lowest BCUT2D eigenvalue weighted by molar-refractivity contribution is -0.122. The summed E-state index contributed by atoms with van der Waals surface area (Å²) in [4.78, 5) is 12.3. The number of carbonyl (C=O) groups is 1. The van der Waals surface area contributed by atoms with Crippen LogP contribution in [0.4, 0.5) is 5.82 Å². The van der Waals surface area contributed by atoms with Crippen LogP contribution in [0.2, 0.25) is 10.0 Å². The van der Waals surface area contributed by atoms with E-state index in [1.54, 1.807) is 42.1 Å². The van der Waals surface area contributed by atoms with Crippen molar-refractivity contribution in [1.29, 1.82) is 0 Å². The minimum atomic E-state index is -0.687. The lowest BCUT2D eigenvalue weighted by Gasteiger charge is -2.17. The zero-order chi connectivity index (χ0) is 17.0. The normalized spacial score (nSPS) is 13.4. The van der Waals surface area contributed by atoms with Gasteiger partial charge in [-0.3, -0.25) is 4.79 Å². The van der Waals surface area contributed by atoms with E-state index in [-0.39, 0.29) is 11.9 Å². The van der Waals surface area contributed by atoms with Gasteiger partial charge in [-0.15, -0.1) is 0 Å². The van der Waals surface area contributed by atoms with Crippen LogP contribution in [0.25, 0.3) is 0 Å². The van der Waals surface area contributed by atoms with E-state index in [0.717, 1.165) is 6.42 Å². The Morgan fingerprint density at radius 2 is 2.04 bits per heavy atom. The first kappa shape index (κ1) is 17.6. The van der Waals surface area contributed by atoms with Gasteiger partial charge in [0.15, 0.2) is 6.10 Å². The molecule has 124 valence electrons. The van der Waals surface area contributed by atoms with Crippen LogP contribution in [-0.2, 0) is 4.79 Å². The lowest BCUT2D eigenvalue weighted by Crippen LogP contribution is -2.31. The summed E-state index contributed by atoms with van der Waals surface area (Å²) in [6.45, 7) is 5.77. The Hall–Kier alpha value is -1.72. The van der Waals surface area contributed by atoms with Gasteiger partial charge in [-0.25, -0.2) is 4.68 Å². The lowest BCUT2D eigenvalue weighted by atomic mass is 10.3. The molecule has 0 saturated carbocycles. The van der Waals surface area contributed by atoms with Gasteiger partial charge in [0.2, 0.25) is 0 Å². The number of ether oxygens (including phenoxy) is 1. The second-order valence-corrected chi connectivity index (χ2v) is 6.06. The van der Waals surface area contributed by atoms with E-state index < -0.39 is 6.10 Å². The Balaban J connectivity index is 2.03. The number of benzene rings is 1. The summed E-state index contributed by atoms with van der Waals surface area (Å²) >= 11 is 11.8. The van der Waals surface area contributed by atoms with E-state index >= 15 is 0 Å². The molecule has 0 aliphatic heterocycles. The molecule has 5 nitrogen and oxygen atoms in total. The third-order valence-corrected chi connectivity index (χ3v) is 4.24. The maximum Gasteiger partial charge on any atom is 0.266 e. The Bertz CT molecular complexity index is 688. The van der Waals surface area contributed by atoms with Crippen LogP contribution in [0.5, 0.6) is 5.75 Å². The third kappa shape index (κ3) is 4.39. The molecule has 0 spiro atoms. The van der Waals surface area contributed by atoms with E-state index in [0.29, 0.717) is 21.6 Å². The Labute approximate surface area is 145 Å². The number of aromatic nitrogens is 2. The molecule has 1 amide bonds. The van der Waals surface area contributed by atoms with Crippen molar-refractivity contribution < 1.29 is 9.53 Å². The number of hydrogen-bond acceptors (Lipinski definition) is 3. The molecular formula is C16H19Cl2N3O2. The quantitative estimate of drug-likeness (QED) is 0.825. The second kappa shape index (κ2) is 7.70. The Morgan fingerprint density at radius 1 is 1.30 bits per heavy atom. The molecule has 2 unspecified atom stereocenters. The van der Waals surface area contributed by atoms with Gasteiger partial charge in [0.1, 0.15) is 11.6 Å². The summed E-state index contributed by atoms with van der Waals surface area (Å²) in [6.07, 6.45) is 1.89. The second-order valence-electron chi connectivity index (χ2n) is 5.24. The molecule has 23 heavy (non-hydrogen) atoms. The molecule has 2 atom stereocenters. The van der Waals surface area contributed by atoms with Crippen molar-refractivity contribution in [1.82, 2.24) is 9.78 Å². The third-order valence-electron chi connectivity index (χ3n) is 3.50.